The number of aromatic nitrogens is 1. The maximum atomic E-state index is 12.5. The molecule has 0 radical (unpaired) electrons. The van der Waals surface area contributed by atoms with E-state index in [0.717, 1.165) is 24.3 Å². The largest absolute Gasteiger partial charge is 0.439 e. The van der Waals surface area contributed by atoms with Crippen molar-refractivity contribution in [1.82, 2.24) is 14.8 Å². The molecule has 1 saturated heterocycles. The molecular formula is C20H24N4O2S. The van der Waals surface area contributed by atoms with Crippen molar-refractivity contribution in [2.75, 3.05) is 31.9 Å². The number of nitrogens with zero attached hydrogens (tertiary/aromatic N) is 4. The van der Waals surface area contributed by atoms with Crippen LogP contribution in [0, 0.1) is 17.2 Å². The zero-order valence-electron chi connectivity index (χ0n) is 15.7. The number of piperazine rings is 1. The highest BCUT2D eigenvalue weighted by molar-refractivity contribution is 7.99. The minimum atomic E-state index is -0.0830. The van der Waals surface area contributed by atoms with Gasteiger partial charge in [-0.3, -0.25) is 9.69 Å². The first-order valence-corrected chi connectivity index (χ1v) is 10.1. The van der Waals surface area contributed by atoms with Crippen LogP contribution < -0.4 is 0 Å². The van der Waals surface area contributed by atoms with Crippen molar-refractivity contribution in [1.29, 1.82) is 5.26 Å². The lowest BCUT2D eigenvalue weighted by atomic mass is 10.0. The summed E-state index contributed by atoms with van der Waals surface area (Å²) in [5.41, 5.74) is 1.77. The second kappa shape index (κ2) is 9.07. The van der Waals surface area contributed by atoms with Gasteiger partial charge in [-0.25, -0.2) is 4.98 Å². The smallest absolute Gasteiger partial charge is 0.256 e. The van der Waals surface area contributed by atoms with E-state index in [-0.39, 0.29) is 17.9 Å². The van der Waals surface area contributed by atoms with Crippen molar-refractivity contribution in [2.45, 2.75) is 25.1 Å². The fourth-order valence-electron chi connectivity index (χ4n) is 3.18. The maximum absolute atomic E-state index is 12.5. The van der Waals surface area contributed by atoms with Gasteiger partial charge < -0.3 is 9.32 Å². The van der Waals surface area contributed by atoms with Crippen LogP contribution >= 0.6 is 11.8 Å². The molecule has 1 atom stereocenters. The molecule has 1 unspecified atom stereocenters. The third kappa shape index (κ3) is 4.90. The van der Waals surface area contributed by atoms with Crippen LogP contribution in [0.15, 0.2) is 46.2 Å². The zero-order valence-corrected chi connectivity index (χ0v) is 16.5. The van der Waals surface area contributed by atoms with Gasteiger partial charge in [-0.1, -0.05) is 55.9 Å². The number of carbonyl (C=O) groups is 1. The number of carbonyl (C=O) groups excluding carboxylic acids is 1. The number of oxazole rings is 1. The first-order valence-electron chi connectivity index (χ1n) is 9.13. The molecule has 1 aliphatic heterocycles. The van der Waals surface area contributed by atoms with Gasteiger partial charge in [0.25, 0.3) is 5.22 Å². The Labute approximate surface area is 164 Å². The summed E-state index contributed by atoms with van der Waals surface area (Å²) >= 11 is 1.32. The van der Waals surface area contributed by atoms with Gasteiger partial charge in [0.15, 0.2) is 0 Å². The van der Waals surface area contributed by atoms with E-state index < -0.39 is 0 Å². The number of rotatable bonds is 6. The summed E-state index contributed by atoms with van der Waals surface area (Å²) in [6.07, 6.45) is 1.62. The molecule has 3 rings (SSSR count). The first kappa shape index (κ1) is 19.5. The third-order valence-corrected chi connectivity index (χ3v) is 5.52. The van der Waals surface area contributed by atoms with Gasteiger partial charge in [0, 0.05) is 31.7 Å². The molecule has 1 amide bonds. The average Bonchev–Trinajstić information content (AvgIpc) is 3.17. The Hall–Kier alpha value is -2.30. The minimum Gasteiger partial charge on any atom is -0.439 e. The molecule has 2 aromatic rings. The number of amides is 1. The molecule has 0 aliphatic carbocycles. The monoisotopic (exact) mass is 384 g/mol. The highest BCUT2D eigenvalue weighted by atomic mass is 32.2. The summed E-state index contributed by atoms with van der Waals surface area (Å²) in [5.74, 6) is 0.675. The molecule has 0 spiro atoms. The molecule has 1 fully saturated rings. The molecule has 0 bridgehead atoms. The lowest BCUT2D eigenvalue weighted by Gasteiger charge is -2.38. The van der Waals surface area contributed by atoms with Crippen molar-refractivity contribution >= 4 is 17.7 Å². The molecule has 6 nitrogen and oxygen atoms in total. The topological polar surface area (TPSA) is 73.4 Å². The van der Waals surface area contributed by atoms with Crippen molar-refractivity contribution in [3.63, 3.8) is 0 Å². The molecule has 0 N–H and O–H groups in total. The molecule has 2 heterocycles. The van der Waals surface area contributed by atoms with E-state index in [1.165, 1.54) is 11.8 Å². The zero-order chi connectivity index (χ0) is 19.2. The number of hydrogen-bond acceptors (Lipinski definition) is 6. The maximum Gasteiger partial charge on any atom is 0.256 e. The second-order valence-electron chi connectivity index (χ2n) is 6.89. The average molecular weight is 385 g/mol. The van der Waals surface area contributed by atoms with Gasteiger partial charge in [0.05, 0.1) is 11.8 Å². The summed E-state index contributed by atoms with van der Waals surface area (Å²) in [6, 6.07) is 12.1. The van der Waals surface area contributed by atoms with Gasteiger partial charge in [-0.15, -0.1) is 0 Å². The van der Waals surface area contributed by atoms with Crippen molar-refractivity contribution < 1.29 is 9.21 Å². The SMILES string of the molecule is CC(C)C(C#N)N1CCN(C(=O)CSc2nc(-c3ccccc3)co2)CC1. The van der Waals surface area contributed by atoms with E-state index in [1.54, 1.807) is 6.26 Å². The van der Waals surface area contributed by atoms with E-state index in [0.29, 0.717) is 24.1 Å². The molecule has 0 saturated carbocycles. The number of benzene rings is 1. The normalized spacial score (nSPS) is 16.3. The van der Waals surface area contributed by atoms with Crippen LogP contribution in [-0.4, -0.2) is 58.7 Å². The molecule has 1 aromatic heterocycles. The fraction of sp³-hybridized carbons (Fsp3) is 0.450. The summed E-state index contributed by atoms with van der Waals surface area (Å²) in [6.45, 7) is 6.91. The summed E-state index contributed by atoms with van der Waals surface area (Å²) in [7, 11) is 0. The van der Waals surface area contributed by atoms with E-state index in [1.807, 2.05) is 35.2 Å². The number of nitriles is 1. The Bertz CT molecular complexity index is 792. The van der Waals surface area contributed by atoms with E-state index in [2.05, 4.69) is 29.8 Å². The van der Waals surface area contributed by atoms with Gasteiger partial charge in [0.1, 0.15) is 18.0 Å². The van der Waals surface area contributed by atoms with Gasteiger partial charge >= 0.3 is 0 Å². The van der Waals surface area contributed by atoms with Crippen LogP contribution in [0.3, 0.4) is 0 Å². The van der Waals surface area contributed by atoms with Crippen molar-refractivity contribution in [3.05, 3.63) is 36.6 Å². The molecule has 1 aliphatic rings. The van der Waals surface area contributed by atoms with Crippen LogP contribution in [0.5, 0.6) is 0 Å². The van der Waals surface area contributed by atoms with Gasteiger partial charge in [0.2, 0.25) is 5.91 Å². The summed E-state index contributed by atoms with van der Waals surface area (Å²) < 4.78 is 5.48. The number of hydrogen-bond donors (Lipinski definition) is 0. The van der Waals surface area contributed by atoms with Crippen LogP contribution in [0.2, 0.25) is 0 Å². The molecule has 27 heavy (non-hydrogen) atoms. The van der Waals surface area contributed by atoms with E-state index >= 15 is 0 Å². The third-order valence-electron chi connectivity index (χ3n) is 4.70. The summed E-state index contributed by atoms with van der Waals surface area (Å²) in [4.78, 5) is 21.0. The van der Waals surface area contributed by atoms with Crippen molar-refractivity contribution in [3.8, 4) is 17.3 Å². The predicted molar refractivity (Wildman–Crippen MR) is 105 cm³/mol. The highest BCUT2D eigenvalue weighted by Gasteiger charge is 2.27. The Kier molecular flexibility index (Phi) is 6.54. The highest BCUT2D eigenvalue weighted by Crippen LogP contribution is 2.24. The van der Waals surface area contributed by atoms with Gasteiger partial charge in [-0.05, 0) is 5.92 Å². The molecule has 7 heteroatoms. The Morgan fingerprint density at radius 2 is 1.96 bits per heavy atom. The number of thioether (sulfide) groups is 1. The van der Waals surface area contributed by atoms with Crippen LogP contribution in [0.25, 0.3) is 11.3 Å². The second-order valence-corrected chi connectivity index (χ2v) is 7.81. The lowest BCUT2D eigenvalue weighted by Crippen LogP contribution is -2.53. The van der Waals surface area contributed by atoms with Crippen molar-refractivity contribution in [2.24, 2.45) is 5.92 Å². The predicted octanol–water partition coefficient (Wildman–Crippen LogP) is 3.13. The first-order chi connectivity index (χ1) is 13.1. The summed E-state index contributed by atoms with van der Waals surface area (Å²) in [5, 5.41) is 9.83. The van der Waals surface area contributed by atoms with Crippen LogP contribution in [-0.2, 0) is 4.79 Å². The Morgan fingerprint density at radius 1 is 1.26 bits per heavy atom. The Balaban J connectivity index is 1.48. The lowest BCUT2D eigenvalue weighted by molar-refractivity contribution is -0.130. The standard InChI is InChI=1S/C20H24N4O2S/c1-15(2)18(12-21)23-8-10-24(11-9-23)19(25)14-27-20-22-17(13-26-20)16-6-4-3-5-7-16/h3-7,13,15,18H,8-11,14H2,1-2H3. The van der Waals surface area contributed by atoms with Crippen LogP contribution in [0.1, 0.15) is 13.8 Å². The molecular weight excluding hydrogens is 360 g/mol. The van der Waals surface area contributed by atoms with Gasteiger partial charge in [-0.2, -0.15) is 5.26 Å². The molecule has 142 valence electrons. The Morgan fingerprint density at radius 3 is 2.59 bits per heavy atom. The minimum absolute atomic E-state index is 0.0807. The fourth-order valence-corrected chi connectivity index (χ4v) is 3.89. The van der Waals surface area contributed by atoms with E-state index in [4.69, 9.17) is 4.42 Å². The molecule has 1 aromatic carbocycles. The van der Waals surface area contributed by atoms with Crippen LogP contribution in [0.4, 0.5) is 0 Å². The van der Waals surface area contributed by atoms with E-state index in [9.17, 15) is 10.1 Å². The quantitative estimate of drug-likeness (QED) is 0.713.